The Balaban J connectivity index is 2.17. The fourth-order valence-corrected chi connectivity index (χ4v) is 2.16. The van der Waals surface area contributed by atoms with Crippen LogP contribution in [-0.2, 0) is 0 Å². The number of hydrogen-bond acceptors (Lipinski definition) is 2. The topological polar surface area (TPSA) is 26.3 Å². The zero-order chi connectivity index (χ0) is 13.0. The predicted molar refractivity (Wildman–Crippen MR) is 75.0 cm³/mol. The van der Waals surface area contributed by atoms with E-state index >= 15 is 0 Å². The summed E-state index contributed by atoms with van der Waals surface area (Å²) in [7, 11) is 0. The molecule has 0 aliphatic heterocycles. The van der Waals surface area contributed by atoms with Crippen molar-refractivity contribution < 1.29 is 9.53 Å². The van der Waals surface area contributed by atoms with Crippen LogP contribution < -0.4 is 4.74 Å². The first-order chi connectivity index (χ1) is 8.70. The van der Waals surface area contributed by atoms with Gasteiger partial charge in [-0.2, -0.15) is 0 Å². The molecule has 0 bridgehead atoms. The number of ether oxygens (including phenoxy) is 1. The third-order valence-electron chi connectivity index (χ3n) is 2.66. The lowest BCUT2D eigenvalue weighted by molar-refractivity contribution is 0.112. The van der Waals surface area contributed by atoms with Gasteiger partial charge in [0, 0.05) is 5.56 Å². The molecule has 0 fully saturated rings. The molecule has 0 saturated heterocycles. The van der Waals surface area contributed by atoms with E-state index in [4.69, 9.17) is 4.74 Å². The van der Waals surface area contributed by atoms with Crippen LogP contribution in [0.3, 0.4) is 0 Å². The lowest BCUT2D eigenvalue weighted by Crippen LogP contribution is -2.03. The minimum atomic E-state index is -0.0374. The van der Waals surface area contributed by atoms with Crippen molar-refractivity contribution in [2.45, 2.75) is 13.0 Å². The average molecular weight is 305 g/mol. The van der Waals surface area contributed by atoms with Gasteiger partial charge in [-0.1, -0.05) is 30.3 Å². The number of carbonyl (C=O) groups is 1. The van der Waals surface area contributed by atoms with Crippen molar-refractivity contribution in [3.05, 3.63) is 64.1 Å². The van der Waals surface area contributed by atoms with Gasteiger partial charge in [0.15, 0.2) is 0 Å². The van der Waals surface area contributed by atoms with Gasteiger partial charge in [-0.15, -0.1) is 0 Å². The molecular weight excluding hydrogens is 292 g/mol. The Kier molecular flexibility index (Phi) is 4.15. The van der Waals surface area contributed by atoms with Gasteiger partial charge in [0.1, 0.15) is 18.1 Å². The van der Waals surface area contributed by atoms with Crippen LogP contribution >= 0.6 is 15.9 Å². The maximum Gasteiger partial charge on any atom is 0.150 e. The predicted octanol–water partition coefficient (Wildman–Crippen LogP) is 4.40. The zero-order valence-corrected chi connectivity index (χ0v) is 11.6. The summed E-state index contributed by atoms with van der Waals surface area (Å²) < 4.78 is 6.65. The molecule has 2 aromatic rings. The highest BCUT2D eigenvalue weighted by Gasteiger charge is 2.09. The molecule has 0 amide bonds. The van der Waals surface area contributed by atoms with Crippen molar-refractivity contribution in [1.29, 1.82) is 0 Å². The smallest absolute Gasteiger partial charge is 0.150 e. The molecular formula is C15H13BrO2. The molecule has 0 spiro atoms. The summed E-state index contributed by atoms with van der Waals surface area (Å²) in [6.45, 7) is 2.00. The Bertz CT molecular complexity index is 537. The summed E-state index contributed by atoms with van der Waals surface area (Å²) >= 11 is 3.41. The van der Waals surface area contributed by atoms with Crippen molar-refractivity contribution in [3.63, 3.8) is 0 Å². The van der Waals surface area contributed by atoms with Crippen LogP contribution in [0.15, 0.2) is 53.0 Å². The minimum absolute atomic E-state index is 0.0374. The van der Waals surface area contributed by atoms with Crippen LogP contribution in [0.4, 0.5) is 0 Å². The molecule has 2 nitrogen and oxygen atoms in total. The van der Waals surface area contributed by atoms with E-state index in [1.807, 2.05) is 37.3 Å². The number of hydrogen-bond donors (Lipinski definition) is 0. The second-order valence-electron chi connectivity index (χ2n) is 3.98. The molecule has 2 aromatic carbocycles. The van der Waals surface area contributed by atoms with Crippen LogP contribution in [-0.4, -0.2) is 6.29 Å². The summed E-state index contributed by atoms with van der Waals surface area (Å²) in [5.41, 5.74) is 1.74. The standard InChI is InChI=1S/C15H13BrO2/c1-11(13-5-3-2-4-6-13)18-15-8-7-12(10-17)9-14(15)16/h2-11H,1H3. The van der Waals surface area contributed by atoms with E-state index < -0.39 is 0 Å². The molecule has 0 N–H and O–H groups in total. The third-order valence-corrected chi connectivity index (χ3v) is 3.28. The van der Waals surface area contributed by atoms with Gasteiger partial charge in [0.25, 0.3) is 0 Å². The van der Waals surface area contributed by atoms with E-state index in [2.05, 4.69) is 15.9 Å². The quantitative estimate of drug-likeness (QED) is 0.783. The fourth-order valence-electron chi connectivity index (χ4n) is 1.67. The second kappa shape index (κ2) is 5.83. The van der Waals surface area contributed by atoms with E-state index in [1.54, 1.807) is 18.2 Å². The largest absolute Gasteiger partial charge is 0.485 e. The normalized spacial score (nSPS) is 11.9. The zero-order valence-electron chi connectivity index (χ0n) is 9.97. The van der Waals surface area contributed by atoms with Crippen LogP contribution in [0.5, 0.6) is 5.75 Å². The van der Waals surface area contributed by atoms with Gasteiger partial charge in [-0.05, 0) is 46.6 Å². The van der Waals surface area contributed by atoms with Crippen LogP contribution in [0.2, 0.25) is 0 Å². The summed E-state index contributed by atoms with van der Waals surface area (Å²) in [5.74, 6) is 0.733. The van der Waals surface area contributed by atoms with Crippen molar-refractivity contribution in [2.75, 3.05) is 0 Å². The molecule has 1 unspecified atom stereocenters. The molecule has 1 atom stereocenters. The molecule has 0 radical (unpaired) electrons. The van der Waals surface area contributed by atoms with E-state index in [1.165, 1.54) is 0 Å². The molecule has 0 heterocycles. The Labute approximate surface area is 115 Å². The molecule has 3 heteroatoms. The van der Waals surface area contributed by atoms with Gasteiger partial charge < -0.3 is 4.74 Å². The van der Waals surface area contributed by atoms with Gasteiger partial charge in [0.05, 0.1) is 4.47 Å². The van der Waals surface area contributed by atoms with Crippen LogP contribution in [0, 0.1) is 0 Å². The van der Waals surface area contributed by atoms with Crippen molar-refractivity contribution in [1.82, 2.24) is 0 Å². The van der Waals surface area contributed by atoms with E-state index in [9.17, 15) is 4.79 Å². The second-order valence-corrected chi connectivity index (χ2v) is 4.83. The summed E-state index contributed by atoms with van der Waals surface area (Å²) in [4.78, 5) is 10.7. The minimum Gasteiger partial charge on any atom is -0.485 e. The highest BCUT2D eigenvalue weighted by Crippen LogP contribution is 2.29. The lowest BCUT2D eigenvalue weighted by Gasteiger charge is -2.16. The number of carbonyl (C=O) groups excluding carboxylic acids is 1. The summed E-state index contributed by atoms with van der Waals surface area (Å²) in [5, 5.41) is 0. The molecule has 0 aromatic heterocycles. The summed E-state index contributed by atoms with van der Waals surface area (Å²) in [6, 6.07) is 15.3. The monoisotopic (exact) mass is 304 g/mol. The summed E-state index contributed by atoms with van der Waals surface area (Å²) in [6.07, 6.45) is 0.777. The Morgan fingerprint density at radius 3 is 2.50 bits per heavy atom. The van der Waals surface area contributed by atoms with Gasteiger partial charge in [-0.3, -0.25) is 4.79 Å². The molecule has 2 rings (SSSR count). The van der Waals surface area contributed by atoms with Gasteiger partial charge >= 0.3 is 0 Å². The van der Waals surface area contributed by atoms with E-state index in [0.29, 0.717) is 5.56 Å². The Hall–Kier alpha value is -1.61. The average Bonchev–Trinajstić information content (AvgIpc) is 2.42. The SMILES string of the molecule is CC(Oc1ccc(C=O)cc1Br)c1ccccc1. The van der Waals surface area contributed by atoms with Gasteiger partial charge in [-0.25, -0.2) is 0 Å². The Morgan fingerprint density at radius 2 is 1.89 bits per heavy atom. The van der Waals surface area contributed by atoms with E-state index in [-0.39, 0.29) is 6.10 Å². The number of rotatable bonds is 4. The molecule has 18 heavy (non-hydrogen) atoms. The molecule has 0 saturated carbocycles. The number of aldehydes is 1. The third kappa shape index (κ3) is 2.99. The first-order valence-electron chi connectivity index (χ1n) is 5.67. The van der Waals surface area contributed by atoms with Crippen molar-refractivity contribution in [3.8, 4) is 5.75 Å². The number of halogens is 1. The fraction of sp³-hybridized carbons (Fsp3) is 0.133. The van der Waals surface area contributed by atoms with Gasteiger partial charge in [0.2, 0.25) is 0 Å². The van der Waals surface area contributed by atoms with Crippen molar-refractivity contribution in [2.24, 2.45) is 0 Å². The van der Waals surface area contributed by atoms with Crippen LogP contribution in [0.1, 0.15) is 28.9 Å². The molecule has 0 aliphatic carbocycles. The first kappa shape index (κ1) is 12.8. The first-order valence-corrected chi connectivity index (χ1v) is 6.46. The lowest BCUT2D eigenvalue weighted by atomic mass is 10.1. The maximum atomic E-state index is 10.7. The van der Waals surface area contributed by atoms with Crippen LogP contribution in [0.25, 0.3) is 0 Å². The molecule has 0 aliphatic rings. The Morgan fingerprint density at radius 1 is 1.17 bits per heavy atom. The highest BCUT2D eigenvalue weighted by molar-refractivity contribution is 9.10. The number of benzene rings is 2. The highest BCUT2D eigenvalue weighted by atomic mass is 79.9. The maximum absolute atomic E-state index is 10.7. The molecule has 92 valence electrons. The van der Waals surface area contributed by atoms with E-state index in [0.717, 1.165) is 22.1 Å². The van der Waals surface area contributed by atoms with Crippen molar-refractivity contribution >= 4 is 22.2 Å².